The lowest BCUT2D eigenvalue weighted by atomic mass is 9.95. The zero-order valence-electron chi connectivity index (χ0n) is 15.3. The van der Waals surface area contributed by atoms with Gasteiger partial charge >= 0.3 is 0 Å². The Morgan fingerprint density at radius 2 is 1.71 bits per heavy atom. The Bertz CT molecular complexity index is 1030. The van der Waals surface area contributed by atoms with E-state index in [0.717, 1.165) is 34.6 Å². The van der Waals surface area contributed by atoms with Gasteiger partial charge in [-0.15, -0.1) is 11.3 Å². The quantitative estimate of drug-likeness (QED) is 0.361. The van der Waals surface area contributed by atoms with Gasteiger partial charge in [0.25, 0.3) is 5.69 Å². The number of thiazole rings is 1. The molecule has 1 aromatic heterocycles. The van der Waals surface area contributed by atoms with Crippen molar-refractivity contribution in [1.29, 1.82) is 0 Å². The molecule has 3 aromatic rings. The Morgan fingerprint density at radius 3 is 2.36 bits per heavy atom. The molecule has 28 heavy (non-hydrogen) atoms. The zero-order chi connectivity index (χ0) is 19.5. The Hall–Kier alpha value is -2.44. The van der Waals surface area contributed by atoms with Crippen molar-refractivity contribution < 1.29 is 4.92 Å². The van der Waals surface area contributed by atoms with Gasteiger partial charge in [-0.3, -0.25) is 10.1 Å². The molecule has 1 aliphatic carbocycles. The molecule has 144 valence electrons. The second kappa shape index (κ2) is 8.29. The van der Waals surface area contributed by atoms with Crippen molar-refractivity contribution in [2.75, 3.05) is 0 Å². The van der Waals surface area contributed by atoms with Crippen molar-refractivity contribution in [3.05, 3.63) is 73.8 Å². The number of non-ortho nitro benzene ring substituents is 1. The van der Waals surface area contributed by atoms with Crippen LogP contribution in [0, 0.1) is 10.1 Å². The lowest BCUT2D eigenvalue weighted by Crippen LogP contribution is -2.23. The number of hydrogen-bond donors (Lipinski definition) is 0. The summed E-state index contributed by atoms with van der Waals surface area (Å²) in [5, 5.41) is 13.8. The SMILES string of the molecule is O=[N+]([O-])c1ccc(-c2csc(=Nc3ccc(Cl)cc3)n2C2CCCCC2)cc1. The van der Waals surface area contributed by atoms with Crippen LogP contribution in [0.3, 0.4) is 0 Å². The number of rotatable bonds is 4. The molecule has 7 heteroatoms. The molecule has 0 spiro atoms. The van der Waals surface area contributed by atoms with Crippen LogP contribution in [-0.2, 0) is 0 Å². The first-order valence-corrected chi connectivity index (χ1v) is 10.6. The fourth-order valence-corrected chi connectivity index (χ4v) is 4.80. The molecule has 1 fully saturated rings. The smallest absolute Gasteiger partial charge is 0.269 e. The van der Waals surface area contributed by atoms with Gasteiger partial charge < -0.3 is 4.57 Å². The van der Waals surface area contributed by atoms with E-state index >= 15 is 0 Å². The summed E-state index contributed by atoms with van der Waals surface area (Å²) in [5.41, 5.74) is 3.02. The van der Waals surface area contributed by atoms with Crippen molar-refractivity contribution in [3.8, 4) is 11.3 Å². The summed E-state index contributed by atoms with van der Waals surface area (Å²) in [6.07, 6.45) is 5.97. The maximum Gasteiger partial charge on any atom is 0.269 e. The number of nitrogens with zero attached hydrogens (tertiary/aromatic N) is 3. The average Bonchev–Trinajstić information content (AvgIpc) is 3.14. The molecule has 0 atom stereocenters. The highest BCUT2D eigenvalue weighted by Gasteiger charge is 2.20. The molecule has 1 heterocycles. The number of benzene rings is 2. The van der Waals surface area contributed by atoms with Crippen molar-refractivity contribution >= 4 is 34.3 Å². The Labute approximate surface area is 172 Å². The zero-order valence-corrected chi connectivity index (χ0v) is 16.8. The number of nitro benzene ring substituents is 1. The topological polar surface area (TPSA) is 60.4 Å². The van der Waals surface area contributed by atoms with Crippen LogP contribution in [-0.4, -0.2) is 9.49 Å². The Kier molecular flexibility index (Phi) is 5.59. The normalized spacial score (nSPS) is 15.7. The number of halogens is 1. The number of hydrogen-bond acceptors (Lipinski definition) is 4. The second-order valence-electron chi connectivity index (χ2n) is 6.96. The van der Waals surface area contributed by atoms with Gasteiger partial charge in [0.15, 0.2) is 4.80 Å². The molecule has 0 amide bonds. The van der Waals surface area contributed by atoms with E-state index < -0.39 is 0 Å². The van der Waals surface area contributed by atoms with Crippen molar-refractivity contribution in [2.45, 2.75) is 38.1 Å². The molecular formula is C21H20ClN3O2S. The minimum absolute atomic E-state index is 0.106. The summed E-state index contributed by atoms with van der Waals surface area (Å²) in [4.78, 5) is 16.4. The van der Waals surface area contributed by atoms with Gasteiger partial charge in [0.1, 0.15) is 0 Å². The summed E-state index contributed by atoms with van der Waals surface area (Å²) >= 11 is 7.60. The third kappa shape index (κ3) is 4.03. The molecule has 1 saturated carbocycles. The summed E-state index contributed by atoms with van der Waals surface area (Å²) in [5.74, 6) is 0. The molecule has 0 unspecified atom stereocenters. The van der Waals surface area contributed by atoms with E-state index in [1.807, 2.05) is 36.4 Å². The lowest BCUT2D eigenvalue weighted by Gasteiger charge is -2.25. The molecule has 0 saturated heterocycles. The highest BCUT2D eigenvalue weighted by Crippen LogP contribution is 2.33. The van der Waals surface area contributed by atoms with E-state index in [0.29, 0.717) is 11.1 Å². The Balaban J connectivity index is 1.81. The first-order valence-electron chi connectivity index (χ1n) is 9.37. The molecule has 0 radical (unpaired) electrons. The van der Waals surface area contributed by atoms with Crippen LogP contribution in [0.15, 0.2) is 58.9 Å². The van der Waals surface area contributed by atoms with Crippen LogP contribution in [0.4, 0.5) is 11.4 Å². The highest BCUT2D eigenvalue weighted by atomic mass is 35.5. The van der Waals surface area contributed by atoms with Crippen molar-refractivity contribution in [2.24, 2.45) is 4.99 Å². The molecule has 1 aliphatic rings. The van der Waals surface area contributed by atoms with E-state index in [1.54, 1.807) is 23.5 Å². The average molecular weight is 414 g/mol. The van der Waals surface area contributed by atoms with Crippen molar-refractivity contribution in [3.63, 3.8) is 0 Å². The maximum atomic E-state index is 11.0. The largest absolute Gasteiger partial charge is 0.313 e. The van der Waals surface area contributed by atoms with Gasteiger partial charge in [-0.05, 0) is 54.8 Å². The highest BCUT2D eigenvalue weighted by molar-refractivity contribution is 7.07. The summed E-state index contributed by atoms with van der Waals surface area (Å²) < 4.78 is 2.32. The van der Waals surface area contributed by atoms with E-state index in [-0.39, 0.29) is 10.6 Å². The van der Waals surface area contributed by atoms with Gasteiger partial charge in [-0.1, -0.05) is 30.9 Å². The summed E-state index contributed by atoms with van der Waals surface area (Å²) in [7, 11) is 0. The maximum absolute atomic E-state index is 11.0. The lowest BCUT2D eigenvalue weighted by molar-refractivity contribution is -0.384. The third-order valence-corrected chi connectivity index (χ3v) is 6.20. The molecule has 5 nitrogen and oxygen atoms in total. The van der Waals surface area contributed by atoms with Crippen LogP contribution in [0.2, 0.25) is 5.02 Å². The minimum atomic E-state index is -0.367. The summed E-state index contributed by atoms with van der Waals surface area (Å²) in [6.45, 7) is 0. The summed E-state index contributed by atoms with van der Waals surface area (Å²) in [6, 6.07) is 14.7. The Morgan fingerprint density at radius 1 is 1.04 bits per heavy atom. The number of nitro groups is 1. The first-order chi connectivity index (χ1) is 13.6. The van der Waals surface area contributed by atoms with E-state index in [2.05, 4.69) is 9.95 Å². The van der Waals surface area contributed by atoms with Gasteiger partial charge in [-0.2, -0.15) is 0 Å². The van der Waals surface area contributed by atoms with Crippen LogP contribution >= 0.6 is 22.9 Å². The monoisotopic (exact) mass is 413 g/mol. The predicted molar refractivity (Wildman–Crippen MR) is 113 cm³/mol. The fourth-order valence-electron chi connectivity index (χ4n) is 3.68. The minimum Gasteiger partial charge on any atom is -0.313 e. The predicted octanol–water partition coefficient (Wildman–Crippen LogP) is 6.52. The molecular weight excluding hydrogens is 394 g/mol. The van der Waals surface area contributed by atoms with Crippen LogP contribution in [0.5, 0.6) is 0 Å². The van der Waals surface area contributed by atoms with Crippen molar-refractivity contribution in [1.82, 2.24) is 4.57 Å². The second-order valence-corrected chi connectivity index (χ2v) is 8.23. The molecule has 0 aliphatic heterocycles. The first kappa shape index (κ1) is 18.9. The van der Waals surface area contributed by atoms with E-state index in [1.165, 1.54) is 19.3 Å². The standard InChI is InChI=1S/C21H20ClN3O2S/c22-16-8-10-17(11-9-16)23-21-24(18-4-2-1-3-5-18)20(14-28-21)15-6-12-19(13-7-15)25(26)27/h6-14,18H,1-5H2. The molecule has 0 bridgehead atoms. The van der Waals surface area contributed by atoms with Gasteiger partial charge in [0.2, 0.25) is 0 Å². The van der Waals surface area contributed by atoms with Crippen LogP contribution < -0.4 is 4.80 Å². The van der Waals surface area contributed by atoms with E-state index in [4.69, 9.17) is 16.6 Å². The van der Waals surface area contributed by atoms with Crippen LogP contribution in [0.25, 0.3) is 11.3 Å². The van der Waals surface area contributed by atoms with Gasteiger partial charge in [-0.25, -0.2) is 4.99 Å². The van der Waals surface area contributed by atoms with Gasteiger partial charge in [0.05, 0.1) is 16.3 Å². The molecule has 4 rings (SSSR count). The number of aromatic nitrogens is 1. The molecule has 0 N–H and O–H groups in total. The van der Waals surface area contributed by atoms with E-state index in [9.17, 15) is 10.1 Å². The van der Waals surface area contributed by atoms with Crippen LogP contribution in [0.1, 0.15) is 38.1 Å². The third-order valence-electron chi connectivity index (χ3n) is 5.11. The fraction of sp³-hybridized carbons (Fsp3) is 0.286. The van der Waals surface area contributed by atoms with Gasteiger partial charge in [0, 0.05) is 28.6 Å². The molecule has 2 aromatic carbocycles.